The van der Waals surface area contributed by atoms with Gasteiger partial charge in [0.15, 0.2) is 0 Å². The van der Waals surface area contributed by atoms with Gasteiger partial charge in [0.2, 0.25) is 5.91 Å². The predicted molar refractivity (Wildman–Crippen MR) is 99.8 cm³/mol. The molecule has 1 atom stereocenters. The predicted octanol–water partition coefficient (Wildman–Crippen LogP) is 3.57. The maximum atomic E-state index is 12.6. The SMILES string of the molecule is CC(=O)Nc1ccc(OC(=O)C2CCCN2C(=O)c2ccc(Cl)s2)cc1. The Morgan fingerprint density at radius 1 is 1.19 bits per heavy atom. The number of amides is 2. The van der Waals surface area contributed by atoms with Crippen LogP contribution in [0.2, 0.25) is 4.34 Å². The van der Waals surface area contributed by atoms with E-state index in [1.165, 1.54) is 23.2 Å². The van der Waals surface area contributed by atoms with Crippen LogP contribution in [0.15, 0.2) is 36.4 Å². The van der Waals surface area contributed by atoms with Crippen molar-refractivity contribution in [2.45, 2.75) is 25.8 Å². The summed E-state index contributed by atoms with van der Waals surface area (Å²) in [6.07, 6.45) is 1.31. The van der Waals surface area contributed by atoms with Crippen molar-refractivity contribution in [1.29, 1.82) is 0 Å². The third kappa shape index (κ3) is 4.23. The molecule has 0 radical (unpaired) electrons. The van der Waals surface area contributed by atoms with Gasteiger partial charge >= 0.3 is 5.97 Å². The van der Waals surface area contributed by atoms with Gasteiger partial charge in [0, 0.05) is 19.2 Å². The first-order chi connectivity index (χ1) is 12.4. The number of halogens is 1. The van der Waals surface area contributed by atoms with E-state index in [0.29, 0.717) is 33.6 Å². The summed E-state index contributed by atoms with van der Waals surface area (Å²) < 4.78 is 5.94. The lowest BCUT2D eigenvalue weighted by Gasteiger charge is -2.22. The Morgan fingerprint density at radius 3 is 2.54 bits per heavy atom. The molecular weight excluding hydrogens is 376 g/mol. The number of hydrogen-bond acceptors (Lipinski definition) is 5. The molecule has 26 heavy (non-hydrogen) atoms. The summed E-state index contributed by atoms with van der Waals surface area (Å²) in [6, 6.07) is 9.21. The molecule has 0 spiro atoms. The molecule has 1 aromatic heterocycles. The van der Waals surface area contributed by atoms with Crippen molar-refractivity contribution in [3.05, 3.63) is 45.6 Å². The van der Waals surface area contributed by atoms with E-state index < -0.39 is 12.0 Å². The van der Waals surface area contributed by atoms with Gasteiger partial charge in [-0.05, 0) is 49.2 Å². The zero-order chi connectivity index (χ0) is 18.7. The van der Waals surface area contributed by atoms with Crippen LogP contribution in [-0.2, 0) is 9.59 Å². The minimum Gasteiger partial charge on any atom is -0.425 e. The first-order valence-electron chi connectivity index (χ1n) is 8.09. The lowest BCUT2D eigenvalue weighted by molar-refractivity contribution is -0.138. The first-order valence-corrected chi connectivity index (χ1v) is 9.29. The van der Waals surface area contributed by atoms with E-state index in [4.69, 9.17) is 16.3 Å². The molecule has 1 saturated heterocycles. The minimum absolute atomic E-state index is 0.177. The summed E-state index contributed by atoms with van der Waals surface area (Å²) in [5, 5.41) is 2.64. The summed E-state index contributed by atoms with van der Waals surface area (Å²) >= 11 is 7.09. The average Bonchev–Trinajstić information content (AvgIpc) is 3.24. The molecule has 8 heteroatoms. The zero-order valence-corrected chi connectivity index (χ0v) is 15.6. The number of ether oxygens (including phenoxy) is 1. The van der Waals surface area contributed by atoms with Gasteiger partial charge < -0.3 is 15.0 Å². The Balaban J connectivity index is 1.66. The molecule has 0 saturated carbocycles. The highest BCUT2D eigenvalue weighted by Gasteiger charge is 2.36. The molecule has 2 amide bonds. The third-order valence-corrected chi connectivity index (χ3v) is 5.18. The number of rotatable bonds is 4. The van der Waals surface area contributed by atoms with Crippen molar-refractivity contribution in [2.24, 2.45) is 0 Å². The number of anilines is 1. The van der Waals surface area contributed by atoms with Crippen LogP contribution in [0.1, 0.15) is 29.4 Å². The van der Waals surface area contributed by atoms with Crippen molar-refractivity contribution in [3.8, 4) is 5.75 Å². The molecule has 1 fully saturated rings. The molecule has 2 aromatic rings. The highest BCUT2D eigenvalue weighted by molar-refractivity contribution is 7.18. The van der Waals surface area contributed by atoms with Crippen molar-refractivity contribution in [3.63, 3.8) is 0 Å². The van der Waals surface area contributed by atoms with Crippen LogP contribution < -0.4 is 10.1 Å². The Labute approximate surface area is 159 Å². The molecule has 136 valence electrons. The molecule has 2 heterocycles. The maximum absolute atomic E-state index is 12.6. The van der Waals surface area contributed by atoms with Gasteiger partial charge in [-0.1, -0.05) is 11.6 Å². The smallest absolute Gasteiger partial charge is 0.334 e. The topological polar surface area (TPSA) is 75.7 Å². The number of thiophene rings is 1. The highest BCUT2D eigenvalue weighted by Crippen LogP contribution is 2.27. The van der Waals surface area contributed by atoms with Crippen LogP contribution in [0.5, 0.6) is 5.75 Å². The second-order valence-corrected chi connectivity index (χ2v) is 7.60. The van der Waals surface area contributed by atoms with E-state index in [0.717, 1.165) is 6.42 Å². The van der Waals surface area contributed by atoms with E-state index in [1.807, 2.05) is 0 Å². The molecule has 1 aliphatic rings. The number of nitrogens with zero attached hydrogens (tertiary/aromatic N) is 1. The fraction of sp³-hybridized carbons (Fsp3) is 0.278. The number of carbonyl (C=O) groups is 3. The van der Waals surface area contributed by atoms with Crippen molar-refractivity contribution in [1.82, 2.24) is 4.90 Å². The molecule has 1 N–H and O–H groups in total. The van der Waals surface area contributed by atoms with E-state index in [9.17, 15) is 14.4 Å². The van der Waals surface area contributed by atoms with Crippen molar-refractivity contribution in [2.75, 3.05) is 11.9 Å². The fourth-order valence-electron chi connectivity index (χ4n) is 2.82. The number of hydrogen-bond donors (Lipinski definition) is 1. The average molecular weight is 393 g/mol. The lowest BCUT2D eigenvalue weighted by atomic mass is 10.2. The molecule has 1 unspecified atom stereocenters. The third-order valence-electron chi connectivity index (χ3n) is 3.96. The van der Waals surface area contributed by atoms with Crippen LogP contribution in [0.4, 0.5) is 5.69 Å². The van der Waals surface area contributed by atoms with Crippen LogP contribution in [-0.4, -0.2) is 35.3 Å². The fourth-order valence-corrected chi connectivity index (χ4v) is 3.82. The van der Waals surface area contributed by atoms with Crippen LogP contribution in [0.3, 0.4) is 0 Å². The molecule has 0 bridgehead atoms. The quantitative estimate of drug-likeness (QED) is 0.637. The van der Waals surface area contributed by atoms with E-state index in [2.05, 4.69) is 5.32 Å². The number of nitrogens with one attached hydrogen (secondary N) is 1. The molecule has 3 rings (SSSR count). The van der Waals surface area contributed by atoms with E-state index in [1.54, 1.807) is 36.4 Å². The Bertz CT molecular complexity index is 834. The summed E-state index contributed by atoms with van der Waals surface area (Å²) in [5.74, 6) is -0.487. The Hall–Kier alpha value is -2.38. The van der Waals surface area contributed by atoms with Gasteiger partial charge in [0.25, 0.3) is 5.91 Å². The first kappa shape index (κ1) is 18.4. The van der Waals surface area contributed by atoms with Crippen molar-refractivity contribution >= 4 is 46.4 Å². The van der Waals surface area contributed by atoms with Crippen LogP contribution in [0.25, 0.3) is 0 Å². The van der Waals surface area contributed by atoms with E-state index in [-0.39, 0.29) is 11.8 Å². The lowest BCUT2D eigenvalue weighted by Crippen LogP contribution is -2.42. The minimum atomic E-state index is -0.613. The summed E-state index contributed by atoms with van der Waals surface area (Å²) in [4.78, 5) is 38.2. The van der Waals surface area contributed by atoms with Gasteiger partial charge in [-0.15, -0.1) is 11.3 Å². The normalized spacial score (nSPS) is 16.4. The molecule has 1 aromatic carbocycles. The second-order valence-electron chi connectivity index (χ2n) is 5.89. The highest BCUT2D eigenvalue weighted by atomic mass is 35.5. The van der Waals surface area contributed by atoms with Gasteiger partial charge in [-0.25, -0.2) is 4.79 Å². The summed E-state index contributed by atoms with van der Waals surface area (Å²) in [5.41, 5.74) is 0.615. The number of carbonyl (C=O) groups excluding carboxylic acids is 3. The van der Waals surface area contributed by atoms with Gasteiger partial charge in [-0.2, -0.15) is 0 Å². The van der Waals surface area contributed by atoms with Gasteiger partial charge in [0.1, 0.15) is 11.8 Å². The second kappa shape index (κ2) is 7.88. The van der Waals surface area contributed by atoms with Gasteiger partial charge in [0.05, 0.1) is 9.21 Å². The molecular formula is C18H17ClN2O4S. The monoisotopic (exact) mass is 392 g/mol. The molecule has 1 aliphatic heterocycles. The number of likely N-dealkylation sites (tertiary alicyclic amines) is 1. The van der Waals surface area contributed by atoms with Crippen LogP contribution >= 0.6 is 22.9 Å². The zero-order valence-electron chi connectivity index (χ0n) is 14.0. The maximum Gasteiger partial charge on any atom is 0.334 e. The number of benzene rings is 1. The molecule has 6 nitrogen and oxygen atoms in total. The summed E-state index contributed by atoms with van der Waals surface area (Å²) in [7, 11) is 0. The van der Waals surface area contributed by atoms with Crippen LogP contribution in [0, 0.1) is 0 Å². The Morgan fingerprint density at radius 2 is 1.92 bits per heavy atom. The molecule has 0 aliphatic carbocycles. The summed E-state index contributed by atoms with van der Waals surface area (Å²) in [6.45, 7) is 1.93. The number of esters is 1. The van der Waals surface area contributed by atoms with E-state index >= 15 is 0 Å². The van der Waals surface area contributed by atoms with Gasteiger partial charge in [-0.3, -0.25) is 9.59 Å². The largest absolute Gasteiger partial charge is 0.425 e. The standard InChI is InChI=1S/C18H17ClN2O4S/c1-11(22)20-12-4-6-13(7-5-12)25-18(24)14-3-2-10-21(14)17(23)15-8-9-16(19)26-15/h4-9,14H,2-3,10H2,1H3,(H,20,22). The Kier molecular flexibility index (Phi) is 5.58. The van der Waals surface area contributed by atoms with Crippen molar-refractivity contribution < 1.29 is 19.1 Å².